The number of thiophene rings is 1. The van der Waals surface area contributed by atoms with Crippen molar-refractivity contribution in [1.29, 1.82) is 0 Å². The fraction of sp³-hybridized carbons (Fsp3) is 0.0159. The molecule has 0 fully saturated rings. The first-order chi connectivity index (χ1) is 33.7. The summed E-state index contributed by atoms with van der Waals surface area (Å²) in [6, 6.07) is 87.4. The van der Waals surface area contributed by atoms with Crippen LogP contribution < -0.4 is 5.32 Å². The van der Waals surface area contributed by atoms with Gasteiger partial charge < -0.3 is 9.88 Å². The molecule has 1 N–H and O–H groups in total. The Morgan fingerprint density at radius 1 is 0.397 bits per heavy atom. The number of hydrogen-bond donors (Lipinski definition) is 1. The van der Waals surface area contributed by atoms with Crippen molar-refractivity contribution >= 4 is 65.0 Å². The Labute approximate surface area is 398 Å². The third kappa shape index (κ3) is 6.74. The monoisotopic (exact) mass is 886 g/mol. The zero-order chi connectivity index (χ0) is 45.0. The summed E-state index contributed by atoms with van der Waals surface area (Å²) < 4.78 is 5.08. The molecule has 0 saturated carbocycles. The van der Waals surface area contributed by atoms with Crippen LogP contribution in [0.1, 0.15) is 22.9 Å². The van der Waals surface area contributed by atoms with Crippen molar-refractivity contribution in [3.8, 4) is 50.2 Å². The molecule has 1 aliphatic rings. The lowest BCUT2D eigenvalue weighted by Gasteiger charge is -2.24. The molecule has 13 rings (SSSR count). The van der Waals surface area contributed by atoms with Crippen molar-refractivity contribution < 1.29 is 0 Å². The predicted molar refractivity (Wildman–Crippen MR) is 287 cm³/mol. The SMILES string of the molecule is c1ccc(C2=NC(c3ccc4c5c(-c6ccccc6)c(-c6ccccc6)c(-c6ccccc6)c(-c6ccccc6)c5n(-c5ccc6sc7ccccc7c6c5)c4c3)=NC(c3ccccc3)N2)cc1. The molecule has 1 atom stereocenters. The summed E-state index contributed by atoms with van der Waals surface area (Å²) in [5, 5.41) is 8.51. The minimum Gasteiger partial charge on any atom is -0.344 e. The van der Waals surface area contributed by atoms with E-state index in [0.29, 0.717) is 5.84 Å². The number of amidine groups is 2. The average molecular weight is 887 g/mol. The molecular formula is C63H42N4S. The zero-order valence-corrected chi connectivity index (χ0v) is 37.7. The first-order valence-corrected chi connectivity index (χ1v) is 23.9. The van der Waals surface area contributed by atoms with Gasteiger partial charge in [-0.05, 0) is 63.7 Å². The van der Waals surface area contributed by atoms with E-state index in [2.05, 4.69) is 240 Å². The van der Waals surface area contributed by atoms with E-state index in [1.807, 2.05) is 23.5 Å². The molecule has 68 heavy (non-hydrogen) atoms. The van der Waals surface area contributed by atoms with Crippen LogP contribution in [0.15, 0.2) is 253 Å². The van der Waals surface area contributed by atoms with Crippen molar-refractivity contribution in [3.05, 3.63) is 259 Å². The van der Waals surface area contributed by atoms with E-state index < -0.39 is 0 Å². The molecule has 4 nitrogen and oxygen atoms in total. The molecule has 0 saturated heterocycles. The number of nitrogens with zero attached hydrogens (tertiary/aromatic N) is 3. The Morgan fingerprint density at radius 3 is 1.54 bits per heavy atom. The lowest BCUT2D eigenvalue weighted by Crippen LogP contribution is -2.33. The summed E-state index contributed by atoms with van der Waals surface area (Å²) in [7, 11) is 0. The second-order valence-electron chi connectivity index (χ2n) is 17.3. The van der Waals surface area contributed by atoms with Gasteiger partial charge in [-0.1, -0.05) is 212 Å². The Bertz CT molecular complexity index is 3900. The molecule has 2 aromatic heterocycles. The van der Waals surface area contributed by atoms with Gasteiger partial charge in [0.2, 0.25) is 0 Å². The Kier molecular flexibility index (Phi) is 9.73. The van der Waals surface area contributed by atoms with Crippen LogP contribution in [0.2, 0.25) is 0 Å². The van der Waals surface area contributed by atoms with Gasteiger partial charge in [0.15, 0.2) is 5.84 Å². The van der Waals surface area contributed by atoms with Crippen LogP contribution in [0.3, 0.4) is 0 Å². The lowest BCUT2D eigenvalue weighted by molar-refractivity contribution is 0.674. The first-order valence-electron chi connectivity index (χ1n) is 23.1. The van der Waals surface area contributed by atoms with Gasteiger partial charge in [-0.3, -0.25) is 0 Å². The van der Waals surface area contributed by atoms with Gasteiger partial charge in [-0.2, -0.15) is 0 Å². The summed E-state index contributed by atoms with van der Waals surface area (Å²) in [5.74, 6) is 1.47. The molecule has 0 spiro atoms. The van der Waals surface area contributed by atoms with Gasteiger partial charge in [-0.25, -0.2) is 9.98 Å². The predicted octanol–water partition coefficient (Wildman–Crippen LogP) is 16.3. The fourth-order valence-electron chi connectivity index (χ4n) is 10.2. The number of aliphatic imine (C=N–C) groups is 2. The zero-order valence-electron chi connectivity index (χ0n) is 36.9. The van der Waals surface area contributed by atoms with Gasteiger partial charge in [0.05, 0.1) is 11.0 Å². The summed E-state index contributed by atoms with van der Waals surface area (Å²) >= 11 is 1.85. The number of nitrogens with one attached hydrogen (secondary N) is 1. The van der Waals surface area contributed by atoms with Crippen LogP contribution in [0, 0.1) is 0 Å². The van der Waals surface area contributed by atoms with Crippen molar-refractivity contribution in [3.63, 3.8) is 0 Å². The molecule has 12 aromatic rings. The maximum atomic E-state index is 5.38. The van der Waals surface area contributed by atoms with Gasteiger partial charge in [0.1, 0.15) is 12.0 Å². The van der Waals surface area contributed by atoms with Crippen molar-refractivity contribution in [2.24, 2.45) is 9.98 Å². The van der Waals surface area contributed by atoms with Crippen molar-refractivity contribution in [2.45, 2.75) is 6.17 Å². The minimum atomic E-state index is -0.328. The van der Waals surface area contributed by atoms with Crippen LogP contribution in [-0.4, -0.2) is 16.2 Å². The van der Waals surface area contributed by atoms with E-state index in [1.165, 1.54) is 47.8 Å². The standard InChI is InChI=1S/C63H42N4S/c1-7-21-41(22-8-1)55-56(42-23-9-2-10-24-42)58(44-27-13-4-14-28-44)60-59(57(55)43-25-11-3-12-26-43)50-37-35-47(39-52(50)67(60)48-36-38-54-51(40-48)49-33-19-20-34-53(49)68-54)63-65-61(45-29-15-5-16-30-45)64-62(66-63)46-31-17-6-18-32-46/h1-40,61H,(H,64,65,66). The Balaban J connectivity index is 1.22. The number of fused-ring (bicyclic) bond motifs is 6. The molecule has 5 heteroatoms. The maximum absolute atomic E-state index is 5.38. The number of aromatic nitrogens is 1. The molecule has 1 aliphatic heterocycles. The molecule has 1 unspecified atom stereocenters. The second-order valence-corrected chi connectivity index (χ2v) is 18.4. The van der Waals surface area contributed by atoms with Gasteiger partial charge in [0.25, 0.3) is 0 Å². The maximum Gasteiger partial charge on any atom is 0.159 e. The highest BCUT2D eigenvalue weighted by Gasteiger charge is 2.30. The normalized spacial score (nSPS) is 13.7. The fourth-order valence-corrected chi connectivity index (χ4v) is 11.3. The molecule has 0 amide bonds. The van der Waals surface area contributed by atoms with Crippen LogP contribution >= 0.6 is 11.3 Å². The van der Waals surface area contributed by atoms with Crippen LogP contribution in [0.25, 0.3) is 92.2 Å². The molecule has 0 radical (unpaired) electrons. The lowest BCUT2D eigenvalue weighted by atomic mass is 9.80. The van der Waals surface area contributed by atoms with Gasteiger partial charge in [0, 0.05) is 64.4 Å². The van der Waals surface area contributed by atoms with E-state index in [-0.39, 0.29) is 6.17 Å². The smallest absolute Gasteiger partial charge is 0.159 e. The molecule has 10 aromatic carbocycles. The highest BCUT2D eigenvalue weighted by atomic mass is 32.1. The third-order valence-corrected chi connectivity index (χ3v) is 14.4. The van der Waals surface area contributed by atoms with Gasteiger partial charge in [-0.15, -0.1) is 11.3 Å². The Morgan fingerprint density at radius 2 is 0.912 bits per heavy atom. The minimum absolute atomic E-state index is 0.328. The summed E-state index contributed by atoms with van der Waals surface area (Å²) in [4.78, 5) is 10.7. The molecule has 0 bridgehead atoms. The average Bonchev–Trinajstić information content (AvgIpc) is 3.97. The van der Waals surface area contributed by atoms with Crippen LogP contribution in [0.5, 0.6) is 0 Å². The third-order valence-electron chi connectivity index (χ3n) is 13.2. The summed E-state index contributed by atoms with van der Waals surface area (Å²) in [6.07, 6.45) is -0.328. The highest BCUT2D eigenvalue weighted by Crippen LogP contribution is 2.54. The molecule has 320 valence electrons. The summed E-state index contributed by atoms with van der Waals surface area (Å²) in [6.45, 7) is 0. The molecular weight excluding hydrogens is 845 g/mol. The van der Waals surface area contributed by atoms with Crippen LogP contribution in [0.4, 0.5) is 0 Å². The van der Waals surface area contributed by atoms with Crippen LogP contribution in [-0.2, 0) is 0 Å². The van der Waals surface area contributed by atoms with E-state index >= 15 is 0 Å². The van der Waals surface area contributed by atoms with E-state index in [4.69, 9.17) is 9.98 Å². The second kappa shape index (κ2) is 16.7. The van der Waals surface area contributed by atoms with Crippen molar-refractivity contribution in [2.75, 3.05) is 0 Å². The van der Waals surface area contributed by atoms with E-state index in [9.17, 15) is 0 Å². The largest absolute Gasteiger partial charge is 0.344 e. The van der Waals surface area contributed by atoms with E-state index in [1.54, 1.807) is 0 Å². The summed E-state index contributed by atoms with van der Waals surface area (Å²) in [5.41, 5.74) is 15.7. The van der Waals surface area contributed by atoms with Gasteiger partial charge >= 0.3 is 0 Å². The quantitative estimate of drug-likeness (QED) is 0.162. The van der Waals surface area contributed by atoms with Crippen molar-refractivity contribution in [1.82, 2.24) is 9.88 Å². The number of hydrogen-bond acceptors (Lipinski definition) is 4. The topological polar surface area (TPSA) is 41.7 Å². The molecule has 0 aliphatic carbocycles. The molecule has 3 heterocycles. The van der Waals surface area contributed by atoms with E-state index in [0.717, 1.165) is 66.9 Å². The Hall–Kier alpha value is -8.64. The number of benzene rings is 10. The highest BCUT2D eigenvalue weighted by molar-refractivity contribution is 7.25. The first kappa shape index (κ1) is 39.7. The number of rotatable bonds is 8.